The SMILES string of the molecule is CN(CC(=O)NC(C)(C)C)C(=O)COC(=O)c1ccc(CNC(=O)OC(C)(C)C)cc1. The molecule has 31 heavy (non-hydrogen) atoms. The summed E-state index contributed by atoms with van der Waals surface area (Å²) in [4.78, 5) is 49.0. The smallest absolute Gasteiger partial charge is 0.407 e. The number of nitrogens with one attached hydrogen (secondary N) is 2. The fraction of sp³-hybridized carbons (Fsp3) is 0.545. The number of carbonyl (C=O) groups is 4. The van der Waals surface area contributed by atoms with E-state index in [0.717, 1.165) is 5.56 Å². The van der Waals surface area contributed by atoms with E-state index in [1.807, 2.05) is 20.8 Å². The summed E-state index contributed by atoms with van der Waals surface area (Å²) in [6.07, 6.45) is -0.533. The Morgan fingerprint density at radius 2 is 1.55 bits per heavy atom. The van der Waals surface area contributed by atoms with Gasteiger partial charge in [-0.1, -0.05) is 12.1 Å². The summed E-state index contributed by atoms with van der Waals surface area (Å²) in [5.74, 6) is -1.45. The van der Waals surface area contributed by atoms with Gasteiger partial charge in [-0.25, -0.2) is 9.59 Å². The summed E-state index contributed by atoms with van der Waals surface area (Å²) in [6, 6.07) is 6.41. The molecule has 0 unspecified atom stereocenters. The highest BCUT2D eigenvalue weighted by Gasteiger charge is 2.19. The summed E-state index contributed by atoms with van der Waals surface area (Å²) >= 11 is 0. The van der Waals surface area contributed by atoms with Crippen molar-refractivity contribution in [2.45, 2.75) is 59.2 Å². The zero-order valence-electron chi connectivity index (χ0n) is 19.3. The number of amides is 3. The second-order valence-electron chi connectivity index (χ2n) is 9.18. The molecule has 0 bridgehead atoms. The molecule has 9 heteroatoms. The summed E-state index contributed by atoms with van der Waals surface area (Å²) in [5, 5.41) is 5.38. The molecule has 0 radical (unpaired) electrons. The maximum absolute atomic E-state index is 12.2. The third-order valence-corrected chi connectivity index (χ3v) is 3.67. The summed E-state index contributed by atoms with van der Waals surface area (Å²) in [5.41, 5.74) is 0.0479. The monoisotopic (exact) mass is 435 g/mol. The standard InChI is InChI=1S/C22H33N3O6/c1-21(2,3)24-17(26)13-25(7)18(27)14-30-19(28)16-10-8-15(9-11-16)12-23-20(29)31-22(4,5)6/h8-11H,12-14H2,1-7H3,(H,23,29)(H,24,26). The number of hydrogen-bond donors (Lipinski definition) is 2. The summed E-state index contributed by atoms with van der Waals surface area (Å²) in [6.45, 7) is 10.5. The molecule has 3 amide bonds. The first-order valence-corrected chi connectivity index (χ1v) is 9.94. The van der Waals surface area contributed by atoms with Crippen LogP contribution in [0.25, 0.3) is 0 Å². The van der Waals surface area contributed by atoms with E-state index in [2.05, 4.69) is 10.6 Å². The molecule has 9 nitrogen and oxygen atoms in total. The van der Waals surface area contributed by atoms with Gasteiger partial charge >= 0.3 is 12.1 Å². The van der Waals surface area contributed by atoms with Gasteiger partial charge in [0.2, 0.25) is 5.91 Å². The summed E-state index contributed by atoms with van der Waals surface area (Å²) < 4.78 is 10.2. The molecule has 0 heterocycles. The highest BCUT2D eigenvalue weighted by Crippen LogP contribution is 2.09. The second-order valence-corrected chi connectivity index (χ2v) is 9.18. The Kier molecular flexibility index (Phi) is 9.02. The third kappa shape index (κ3) is 11.0. The number of hydrogen-bond acceptors (Lipinski definition) is 6. The number of likely N-dealkylation sites (N-methyl/N-ethyl adjacent to an activating group) is 1. The number of ether oxygens (including phenoxy) is 2. The molecule has 172 valence electrons. The third-order valence-electron chi connectivity index (χ3n) is 3.67. The van der Waals surface area contributed by atoms with Gasteiger partial charge in [0.25, 0.3) is 5.91 Å². The highest BCUT2D eigenvalue weighted by atomic mass is 16.6. The zero-order chi connectivity index (χ0) is 23.8. The van der Waals surface area contributed by atoms with Crippen molar-refractivity contribution in [2.75, 3.05) is 20.2 Å². The molecule has 0 aliphatic heterocycles. The van der Waals surface area contributed by atoms with Crippen LogP contribution in [0.4, 0.5) is 4.79 Å². The number of alkyl carbamates (subject to hydrolysis) is 1. The van der Waals surface area contributed by atoms with E-state index in [-0.39, 0.29) is 24.6 Å². The van der Waals surface area contributed by atoms with E-state index in [1.165, 1.54) is 11.9 Å². The van der Waals surface area contributed by atoms with Crippen molar-refractivity contribution >= 4 is 23.9 Å². The minimum absolute atomic E-state index is 0.132. The van der Waals surface area contributed by atoms with Crippen LogP contribution < -0.4 is 10.6 Å². The molecule has 0 fully saturated rings. The topological polar surface area (TPSA) is 114 Å². The molecule has 1 rings (SSSR count). The Morgan fingerprint density at radius 3 is 2.06 bits per heavy atom. The maximum Gasteiger partial charge on any atom is 0.407 e. The molecule has 0 atom stereocenters. The molecule has 2 N–H and O–H groups in total. The Labute approximate surface area is 183 Å². The molecule has 1 aromatic rings. The molecule has 0 saturated carbocycles. The Hall–Kier alpha value is -3.10. The van der Waals surface area contributed by atoms with Crippen molar-refractivity contribution in [3.8, 4) is 0 Å². The van der Waals surface area contributed by atoms with Crippen molar-refractivity contribution in [2.24, 2.45) is 0 Å². The van der Waals surface area contributed by atoms with Crippen LogP contribution in [0, 0.1) is 0 Å². The van der Waals surface area contributed by atoms with Gasteiger partial charge < -0.3 is 25.0 Å². The Balaban J connectivity index is 2.47. The first-order valence-electron chi connectivity index (χ1n) is 9.94. The van der Waals surface area contributed by atoms with Crippen molar-refractivity contribution < 1.29 is 28.7 Å². The Bertz CT molecular complexity index is 791. The average molecular weight is 436 g/mol. The number of rotatable bonds is 7. The van der Waals surface area contributed by atoms with Crippen LogP contribution in [0.3, 0.4) is 0 Å². The molecule has 0 spiro atoms. The molecule has 1 aromatic carbocycles. The highest BCUT2D eigenvalue weighted by molar-refractivity contribution is 5.92. The quantitative estimate of drug-likeness (QED) is 0.635. The van der Waals surface area contributed by atoms with Crippen LogP contribution in [0.15, 0.2) is 24.3 Å². The number of esters is 1. The Morgan fingerprint density at radius 1 is 0.968 bits per heavy atom. The lowest BCUT2D eigenvalue weighted by Gasteiger charge is -2.23. The van der Waals surface area contributed by atoms with Crippen molar-refractivity contribution in [3.05, 3.63) is 35.4 Å². The minimum atomic E-state index is -0.660. The minimum Gasteiger partial charge on any atom is -0.452 e. The lowest BCUT2D eigenvalue weighted by molar-refractivity contribution is -0.137. The van der Waals surface area contributed by atoms with Gasteiger partial charge in [-0.3, -0.25) is 9.59 Å². The summed E-state index contributed by atoms with van der Waals surface area (Å²) in [7, 11) is 1.46. The first kappa shape index (κ1) is 25.9. The molecular weight excluding hydrogens is 402 g/mol. The van der Waals surface area contributed by atoms with Gasteiger partial charge in [-0.05, 0) is 59.2 Å². The van der Waals surface area contributed by atoms with E-state index in [0.29, 0.717) is 0 Å². The van der Waals surface area contributed by atoms with E-state index in [1.54, 1.807) is 45.0 Å². The number of carbonyl (C=O) groups excluding carboxylic acids is 4. The lowest BCUT2D eigenvalue weighted by atomic mass is 10.1. The van der Waals surface area contributed by atoms with Gasteiger partial charge in [0.15, 0.2) is 6.61 Å². The van der Waals surface area contributed by atoms with Crippen LogP contribution in [0.1, 0.15) is 57.5 Å². The van der Waals surface area contributed by atoms with Gasteiger partial charge in [-0.15, -0.1) is 0 Å². The van der Waals surface area contributed by atoms with Gasteiger partial charge in [-0.2, -0.15) is 0 Å². The maximum atomic E-state index is 12.2. The fourth-order valence-corrected chi connectivity index (χ4v) is 2.33. The van der Waals surface area contributed by atoms with Gasteiger partial charge in [0.1, 0.15) is 5.60 Å². The van der Waals surface area contributed by atoms with Gasteiger partial charge in [0.05, 0.1) is 12.1 Å². The van der Waals surface area contributed by atoms with E-state index >= 15 is 0 Å². The number of nitrogens with zero attached hydrogens (tertiary/aromatic N) is 1. The predicted octanol–water partition coefficient (Wildman–Crippen LogP) is 2.24. The van der Waals surface area contributed by atoms with Crippen molar-refractivity contribution in [3.63, 3.8) is 0 Å². The van der Waals surface area contributed by atoms with E-state index < -0.39 is 35.7 Å². The lowest BCUT2D eigenvalue weighted by Crippen LogP contribution is -2.46. The first-order chi connectivity index (χ1) is 14.2. The normalized spacial score (nSPS) is 11.3. The van der Waals surface area contributed by atoms with Crippen LogP contribution in [-0.4, -0.2) is 60.1 Å². The second kappa shape index (κ2) is 10.8. The molecular formula is C22H33N3O6. The van der Waals surface area contributed by atoms with E-state index in [9.17, 15) is 19.2 Å². The van der Waals surface area contributed by atoms with Crippen LogP contribution in [0.5, 0.6) is 0 Å². The molecule has 0 aromatic heterocycles. The molecule has 0 aliphatic rings. The fourth-order valence-electron chi connectivity index (χ4n) is 2.33. The van der Waals surface area contributed by atoms with E-state index in [4.69, 9.17) is 9.47 Å². The zero-order valence-corrected chi connectivity index (χ0v) is 19.3. The number of benzene rings is 1. The average Bonchev–Trinajstić information content (AvgIpc) is 2.61. The van der Waals surface area contributed by atoms with Crippen LogP contribution in [-0.2, 0) is 25.6 Å². The van der Waals surface area contributed by atoms with Crippen LogP contribution >= 0.6 is 0 Å². The van der Waals surface area contributed by atoms with Crippen molar-refractivity contribution in [1.29, 1.82) is 0 Å². The van der Waals surface area contributed by atoms with Crippen LogP contribution in [0.2, 0.25) is 0 Å². The largest absolute Gasteiger partial charge is 0.452 e. The predicted molar refractivity (Wildman–Crippen MR) is 115 cm³/mol. The molecule has 0 saturated heterocycles. The van der Waals surface area contributed by atoms with Gasteiger partial charge in [0, 0.05) is 19.1 Å². The molecule has 0 aliphatic carbocycles. The van der Waals surface area contributed by atoms with Crippen molar-refractivity contribution in [1.82, 2.24) is 15.5 Å².